The van der Waals surface area contributed by atoms with E-state index in [0.29, 0.717) is 0 Å². The molecular weight excluding hydrogens is 263 g/mol. The molecule has 100 valence electrons. The number of carbonyl (C=O) groups is 1. The van der Waals surface area contributed by atoms with Crippen molar-refractivity contribution in [1.29, 1.82) is 0 Å². The lowest BCUT2D eigenvalue weighted by molar-refractivity contribution is -0.136. The third-order valence-corrected chi connectivity index (χ3v) is 2.27. The predicted octanol–water partition coefficient (Wildman–Crippen LogP) is 2.53. The van der Waals surface area contributed by atoms with Gasteiger partial charge in [0.15, 0.2) is 5.69 Å². The van der Waals surface area contributed by atoms with Crippen LogP contribution >= 0.6 is 0 Å². The van der Waals surface area contributed by atoms with E-state index in [-0.39, 0.29) is 11.4 Å². The van der Waals surface area contributed by atoms with Gasteiger partial charge < -0.3 is 15.6 Å². The van der Waals surface area contributed by atoms with Crippen LogP contribution in [0, 0.1) is 0 Å². The minimum atomic E-state index is -4.62. The summed E-state index contributed by atoms with van der Waals surface area (Å²) in [6.45, 7) is 0. The van der Waals surface area contributed by atoms with Gasteiger partial charge in [0, 0.05) is 11.8 Å². The van der Waals surface area contributed by atoms with Crippen LogP contribution in [0.2, 0.25) is 0 Å². The van der Waals surface area contributed by atoms with Crippen LogP contribution in [0.1, 0.15) is 16.1 Å². The average molecular weight is 271 g/mol. The van der Waals surface area contributed by atoms with Gasteiger partial charge >= 0.3 is 6.18 Å². The molecule has 5 nitrogen and oxygen atoms in total. The molecule has 0 saturated heterocycles. The molecule has 0 aliphatic heterocycles. The number of halogens is 3. The molecule has 1 amide bonds. The first-order valence-electron chi connectivity index (χ1n) is 5.06. The molecule has 0 aliphatic carbocycles. The summed E-state index contributed by atoms with van der Waals surface area (Å²) < 4.78 is 42.8. The Balaban J connectivity index is 2.33. The van der Waals surface area contributed by atoms with E-state index in [4.69, 9.17) is 5.73 Å². The highest BCUT2D eigenvalue weighted by molar-refractivity contribution is 6.03. The SMILES string of the molecule is Nc1ccc(NC(=O)c2ccon2)c(C(F)(F)F)c1. The average Bonchev–Trinajstić information content (AvgIpc) is 2.83. The van der Waals surface area contributed by atoms with Gasteiger partial charge in [-0.25, -0.2) is 0 Å². The van der Waals surface area contributed by atoms with Gasteiger partial charge in [0.25, 0.3) is 5.91 Å². The Kier molecular flexibility index (Phi) is 3.16. The summed E-state index contributed by atoms with van der Waals surface area (Å²) in [5.74, 6) is -0.802. The predicted molar refractivity (Wildman–Crippen MR) is 60.3 cm³/mol. The smallest absolute Gasteiger partial charge is 0.399 e. The van der Waals surface area contributed by atoms with Crippen molar-refractivity contribution < 1.29 is 22.5 Å². The van der Waals surface area contributed by atoms with Gasteiger partial charge in [-0.05, 0) is 18.2 Å². The lowest BCUT2D eigenvalue weighted by Crippen LogP contribution is -2.17. The summed E-state index contributed by atoms with van der Waals surface area (Å²) in [7, 11) is 0. The zero-order valence-corrected chi connectivity index (χ0v) is 9.36. The molecule has 0 bridgehead atoms. The van der Waals surface area contributed by atoms with Gasteiger partial charge in [0.05, 0.1) is 11.3 Å². The van der Waals surface area contributed by atoms with Gasteiger partial charge in [-0.3, -0.25) is 4.79 Å². The first kappa shape index (κ1) is 12.9. The van der Waals surface area contributed by atoms with E-state index in [1.807, 2.05) is 0 Å². The Morgan fingerprint density at radius 3 is 2.63 bits per heavy atom. The summed E-state index contributed by atoms with van der Waals surface area (Å²) in [6, 6.07) is 4.32. The first-order chi connectivity index (χ1) is 8.88. The second-order valence-electron chi connectivity index (χ2n) is 3.64. The van der Waals surface area contributed by atoms with Crippen molar-refractivity contribution in [2.24, 2.45) is 0 Å². The summed E-state index contributed by atoms with van der Waals surface area (Å²) >= 11 is 0. The van der Waals surface area contributed by atoms with E-state index >= 15 is 0 Å². The Labute approximate surface area is 105 Å². The molecule has 0 radical (unpaired) electrons. The number of nitrogens with zero attached hydrogens (tertiary/aromatic N) is 1. The second-order valence-corrected chi connectivity index (χ2v) is 3.64. The van der Waals surface area contributed by atoms with Gasteiger partial charge in [-0.15, -0.1) is 0 Å². The maximum Gasteiger partial charge on any atom is 0.418 e. The topological polar surface area (TPSA) is 81.1 Å². The number of nitrogens with two attached hydrogens (primary N) is 1. The molecule has 0 fully saturated rings. The normalized spacial score (nSPS) is 11.3. The van der Waals surface area contributed by atoms with Crippen LogP contribution in [0.4, 0.5) is 24.5 Å². The van der Waals surface area contributed by atoms with Crippen molar-refractivity contribution in [3.63, 3.8) is 0 Å². The maximum absolute atomic E-state index is 12.8. The van der Waals surface area contributed by atoms with E-state index < -0.39 is 23.3 Å². The molecule has 3 N–H and O–H groups in total. The zero-order valence-electron chi connectivity index (χ0n) is 9.36. The number of aromatic nitrogens is 1. The van der Waals surface area contributed by atoms with Crippen LogP contribution in [-0.4, -0.2) is 11.1 Å². The number of rotatable bonds is 2. The lowest BCUT2D eigenvalue weighted by Gasteiger charge is -2.13. The largest absolute Gasteiger partial charge is 0.418 e. The fraction of sp³-hybridized carbons (Fsp3) is 0.0909. The summed E-state index contributed by atoms with van der Waals surface area (Å²) in [4.78, 5) is 11.6. The number of nitrogen functional groups attached to an aromatic ring is 1. The van der Waals surface area contributed by atoms with Crippen molar-refractivity contribution in [3.8, 4) is 0 Å². The Morgan fingerprint density at radius 1 is 1.32 bits per heavy atom. The molecule has 2 aromatic rings. The number of carbonyl (C=O) groups excluding carboxylic acids is 1. The highest BCUT2D eigenvalue weighted by Crippen LogP contribution is 2.36. The van der Waals surface area contributed by atoms with Gasteiger partial charge in [-0.2, -0.15) is 13.2 Å². The van der Waals surface area contributed by atoms with E-state index in [0.717, 1.165) is 18.4 Å². The molecule has 0 spiro atoms. The quantitative estimate of drug-likeness (QED) is 0.822. The van der Waals surface area contributed by atoms with Gasteiger partial charge in [-0.1, -0.05) is 5.16 Å². The molecule has 0 atom stereocenters. The Hall–Kier alpha value is -2.51. The van der Waals surface area contributed by atoms with Crippen molar-refractivity contribution >= 4 is 17.3 Å². The number of alkyl halides is 3. The van der Waals surface area contributed by atoms with E-state index in [1.165, 1.54) is 12.1 Å². The Bertz CT molecular complexity index is 594. The third kappa shape index (κ3) is 2.84. The summed E-state index contributed by atoms with van der Waals surface area (Å²) in [6.07, 6.45) is -3.48. The highest BCUT2D eigenvalue weighted by Gasteiger charge is 2.34. The molecular formula is C11H8F3N3O2. The molecule has 2 rings (SSSR count). The summed E-state index contributed by atoms with van der Waals surface area (Å²) in [5, 5.41) is 5.44. The number of amides is 1. The Morgan fingerprint density at radius 2 is 2.05 bits per heavy atom. The maximum atomic E-state index is 12.8. The number of benzene rings is 1. The van der Waals surface area contributed by atoms with Crippen molar-refractivity contribution in [1.82, 2.24) is 5.16 Å². The fourth-order valence-electron chi connectivity index (χ4n) is 1.42. The standard InChI is InChI=1S/C11H8F3N3O2/c12-11(13,14)7-5-6(15)1-2-8(7)16-10(18)9-3-4-19-17-9/h1-5H,15H2,(H,16,18). The molecule has 1 aromatic heterocycles. The zero-order chi connectivity index (χ0) is 14.0. The number of hydrogen-bond acceptors (Lipinski definition) is 4. The number of hydrogen-bond donors (Lipinski definition) is 2. The molecule has 8 heteroatoms. The first-order valence-corrected chi connectivity index (χ1v) is 5.06. The molecule has 0 unspecified atom stereocenters. The van der Waals surface area contributed by atoms with Crippen molar-refractivity contribution in [2.75, 3.05) is 11.1 Å². The van der Waals surface area contributed by atoms with E-state index in [2.05, 4.69) is 15.0 Å². The van der Waals surface area contributed by atoms with Crippen LogP contribution in [-0.2, 0) is 6.18 Å². The van der Waals surface area contributed by atoms with Gasteiger partial charge in [0.2, 0.25) is 0 Å². The lowest BCUT2D eigenvalue weighted by atomic mass is 10.1. The van der Waals surface area contributed by atoms with Crippen LogP contribution < -0.4 is 11.1 Å². The summed E-state index contributed by atoms with van der Waals surface area (Å²) in [5.41, 5.74) is 3.72. The highest BCUT2D eigenvalue weighted by atomic mass is 19.4. The van der Waals surface area contributed by atoms with E-state index in [1.54, 1.807) is 0 Å². The fourth-order valence-corrected chi connectivity index (χ4v) is 1.42. The van der Waals surface area contributed by atoms with Crippen LogP contribution in [0.3, 0.4) is 0 Å². The third-order valence-electron chi connectivity index (χ3n) is 2.27. The van der Waals surface area contributed by atoms with Crippen LogP contribution in [0.25, 0.3) is 0 Å². The minimum Gasteiger partial charge on any atom is -0.399 e. The van der Waals surface area contributed by atoms with Gasteiger partial charge in [0.1, 0.15) is 6.26 Å². The number of anilines is 2. The second kappa shape index (κ2) is 4.63. The minimum absolute atomic E-state index is 0.0493. The molecule has 1 aromatic carbocycles. The van der Waals surface area contributed by atoms with Crippen LogP contribution in [0.5, 0.6) is 0 Å². The van der Waals surface area contributed by atoms with E-state index in [9.17, 15) is 18.0 Å². The molecule has 1 heterocycles. The monoisotopic (exact) mass is 271 g/mol. The van der Waals surface area contributed by atoms with Crippen molar-refractivity contribution in [2.45, 2.75) is 6.18 Å². The molecule has 0 aliphatic rings. The number of nitrogens with one attached hydrogen (secondary N) is 1. The molecule has 0 saturated carbocycles. The van der Waals surface area contributed by atoms with Crippen molar-refractivity contribution in [3.05, 3.63) is 41.8 Å². The van der Waals surface area contributed by atoms with Crippen LogP contribution in [0.15, 0.2) is 35.1 Å². The molecule has 19 heavy (non-hydrogen) atoms.